The summed E-state index contributed by atoms with van der Waals surface area (Å²) in [6.45, 7) is 4.94. The molecule has 0 aliphatic heterocycles. The lowest BCUT2D eigenvalue weighted by atomic mass is 10.0. The fourth-order valence-electron chi connectivity index (χ4n) is 8.17. The lowest BCUT2D eigenvalue weighted by molar-refractivity contribution is -0.143. The Morgan fingerprint density at radius 2 is 0.719 bits per heavy atom. The topological polar surface area (TPSA) is 95.9 Å². The molecule has 0 heterocycles. The zero-order chi connectivity index (χ0) is 41.5. The van der Waals surface area contributed by atoms with Crippen molar-refractivity contribution in [3.8, 4) is 0 Å². The van der Waals surface area contributed by atoms with Gasteiger partial charge in [-0.3, -0.25) is 9.59 Å². The highest BCUT2D eigenvalue weighted by molar-refractivity contribution is 5.76. The number of hydrogen-bond acceptors (Lipinski definition) is 5. The molecule has 1 amide bonds. The Morgan fingerprint density at radius 1 is 0.421 bits per heavy atom. The molecule has 6 heteroatoms. The first-order valence-electron chi connectivity index (χ1n) is 25.8. The molecule has 0 aromatic rings. The third kappa shape index (κ3) is 44.2. The molecule has 3 N–H and O–H groups in total. The molecule has 0 fully saturated rings. The van der Waals surface area contributed by atoms with Crippen molar-refractivity contribution in [2.75, 3.05) is 13.2 Å². The summed E-state index contributed by atoms with van der Waals surface area (Å²) in [6.07, 6.45) is 52.1. The maximum Gasteiger partial charge on any atom is 0.305 e. The summed E-state index contributed by atoms with van der Waals surface area (Å²) in [5, 5.41) is 23.1. The minimum Gasteiger partial charge on any atom is -0.466 e. The van der Waals surface area contributed by atoms with Crippen LogP contribution < -0.4 is 5.32 Å². The molecule has 0 bridgehead atoms. The Balaban J connectivity index is 3.40. The van der Waals surface area contributed by atoms with Gasteiger partial charge in [-0.1, -0.05) is 251 Å². The number of hydrogen-bond donors (Lipinski definition) is 3. The van der Waals surface area contributed by atoms with Crippen molar-refractivity contribution < 1.29 is 24.5 Å². The second kappa shape index (κ2) is 47.5. The first-order valence-corrected chi connectivity index (χ1v) is 25.8. The van der Waals surface area contributed by atoms with Crippen LogP contribution in [0.25, 0.3) is 0 Å². The molecule has 0 radical (unpaired) electrons. The van der Waals surface area contributed by atoms with Crippen LogP contribution >= 0.6 is 0 Å². The van der Waals surface area contributed by atoms with Gasteiger partial charge >= 0.3 is 5.97 Å². The molecule has 6 nitrogen and oxygen atoms in total. The molecule has 0 saturated heterocycles. The van der Waals surface area contributed by atoms with Gasteiger partial charge in [0, 0.05) is 12.8 Å². The molecule has 2 unspecified atom stereocenters. The number of aliphatic hydroxyl groups is 2. The fraction of sp³-hybridized carbons (Fsp3) is 0.961. The molecule has 0 aromatic heterocycles. The maximum atomic E-state index is 12.4. The maximum absolute atomic E-state index is 12.4. The predicted molar refractivity (Wildman–Crippen MR) is 246 cm³/mol. The van der Waals surface area contributed by atoms with Gasteiger partial charge in [-0.25, -0.2) is 0 Å². The van der Waals surface area contributed by atoms with Crippen LogP contribution in [0.15, 0.2) is 0 Å². The highest BCUT2D eigenvalue weighted by Crippen LogP contribution is 2.17. The lowest BCUT2D eigenvalue weighted by Gasteiger charge is -2.22. The quantitative estimate of drug-likeness (QED) is 0.0420. The van der Waals surface area contributed by atoms with Crippen molar-refractivity contribution in [2.45, 2.75) is 302 Å². The average molecular weight is 808 g/mol. The first-order chi connectivity index (χ1) is 28.0. The van der Waals surface area contributed by atoms with E-state index in [0.29, 0.717) is 25.9 Å². The van der Waals surface area contributed by atoms with Crippen LogP contribution in [0.3, 0.4) is 0 Å². The molecule has 57 heavy (non-hydrogen) atoms. The van der Waals surface area contributed by atoms with Crippen molar-refractivity contribution in [1.82, 2.24) is 5.32 Å². The van der Waals surface area contributed by atoms with E-state index >= 15 is 0 Å². The van der Waals surface area contributed by atoms with Crippen molar-refractivity contribution in [3.63, 3.8) is 0 Å². The van der Waals surface area contributed by atoms with Crippen LogP contribution in [0.5, 0.6) is 0 Å². The largest absolute Gasteiger partial charge is 0.466 e. The van der Waals surface area contributed by atoms with Gasteiger partial charge in [-0.15, -0.1) is 0 Å². The second-order valence-corrected chi connectivity index (χ2v) is 17.9. The molecule has 0 saturated carbocycles. The molecular formula is C51H101NO5. The Labute approximate surface area is 356 Å². The summed E-state index contributed by atoms with van der Waals surface area (Å²) < 4.78 is 5.47. The Kier molecular flexibility index (Phi) is 46.6. The van der Waals surface area contributed by atoms with E-state index < -0.39 is 12.1 Å². The van der Waals surface area contributed by atoms with Crippen molar-refractivity contribution >= 4 is 11.9 Å². The van der Waals surface area contributed by atoms with Crippen LogP contribution in [0.4, 0.5) is 0 Å². The highest BCUT2D eigenvalue weighted by atomic mass is 16.5. The van der Waals surface area contributed by atoms with E-state index in [1.165, 1.54) is 212 Å². The van der Waals surface area contributed by atoms with Gasteiger partial charge < -0.3 is 20.3 Å². The van der Waals surface area contributed by atoms with E-state index in [2.05, 4.69) is 19.2 Å². The molecule has 0 spiro atoms. The minimum absolute atomic E-state index is 0.00326. The van der Waals surface area contributed by atoms with E-state index in [-0.39, 0.29) is 18.5 Å². The summed E-state index contributed by atoms with van der Waals surface area (Å²) in [5.41, 5.74) is 0. The Bertz CT molecular complexity index is 806. The van der Waals surface area contributed by atoms with Crippen LogP contribution in [0.1, 0.15) is 290 Å². The van der Waals surface area contributed by atoms with E-state index in [1.807, 2.05) is 0 Å². The zero-order valence-electron chi connectivity index (χ0n) is 38.6. The van der Waals surface area contributed by atoms with Gasteiger partial charge in [0.25, 0.3) is 0 Å². The van der Waals surface area contributed by atoms with Crippen molar-refractivity contribution in [2.24, 2.45) is 0 Å². The molecule has 0 rings (SSSR count). The summed E-state index contributed by atoms with van der Waals surface area (Å²) >= 11 is 0. The molecule has 340 valence electrons. The number of unbranched alkanes of at least 4 members (excludes halogenated alkanes) is 37. The number of carbonyl (C=O) groups is 2. The Morgan fingerprint density at radius 3 is 1.07 bits per heavy atom. The highest BCUT2D eigenvalue weighted by Gasteiger charge is 2.20. The summed E-state index contributed by atoms with van der Waals surface area (Å²) in [4.78, 5) is 24.4. The number of rotatable bonds is 48. The van der Waals surface area contributed by atoms with Crippen LogP contribution in [-0.2, 0) is 14.3 Å². The van der Waals surface area contributed by atoms with Crippen molar-refractivity contribution in [1.29, 1.82) is 0 Å². The number of aliphatic hydroxyl groups excluding tert-OH is 2. The van der Waals surface area contributed by atoms with E-state index in [9.17, 15) is 19.8 Å². The summed E-state index contributed by atoms with van der Waals surface area (Å²) in [5.74, 6) is -0.0400. The summed E-state index contributed by atoms with van der Waals surface area (Å²) in [7, 11) is 0. The molecule has 0 aromatic carbocycles. The second-order valence-electron chi connectivity index (χ2n) is 17.9. The number of nitrogens with one attached hydrogen (secondary N) is 1. The van der Waals surface area contributed by atoms with Gasteiger partial charge in [0.05, 0.1) is 25.4 Å². The molecular weight excluding hydrogens is 707 g/mol. The van der Waals surface area contributed by atoms with Gasteiger partial charge in [-0.2, -0.15) is 0 Å². The zero-order valence-corrected chi connectivity index (χ0v) is 38.6. The van der Waals surface area contributed by atoms with Crippen LogP contribution in [-0.4, -0.2) is 47.4 Å². The standard InChI is InChI=1S/C51H101NO5/c1-3-5-7-9-11-13-15-16-21-25-29-33-37-41-45-51(56)57-46-42-38-34-30-26-22-19-17-18-20-24-28-32-36-40-44-50(55)52-48(47-53)49(54)43-39-35-31-27-23-14-12-10-8-6-4-2/h48-49,53-54H,3-47H2,1-2H3,(H,52,55). The van der Waals surface area contributed by atoms with Crippen LogP contribution in [0, 0.1) is 0 Å². The van der Waals surface area contributed by atoms with Gasteiger partial charge in [0.15, 0.2) is 0 Å². The fourth-order valence-corrected chi connectivity index (χ4v) is 8.17. The monoisotopic (exact) mass is 808 g/mol. The van der Waals surface area contributed by atoms with Gasteiger partial charge in [0.1, 0.15) is 0 Å². The van der Waals surface area contributed by atoms with E-state index in [0.717, 1.165) is 44.9 Å². The van der Waals surface area contributed by atoms with E-state index in [1.54, 1.807) is 0 Å². The number of carbonyl (C=O) groups excluding carboxylic acids is 2. The van der Waals surface area contributed by atoms with Crippen LogP contribution in [0.2, 0.25) is 0 Å². The SMILES string of the molecule is CCCCCCCCCCCCCCCCC(=O)OCCCCCCCCCCCCCCCCCC(=O)NC(CO)C(O)CCCCCCCCCCCCC. The Hall–Kier alpha value is -1.14. The third-order valence-electron chi connectivity index (χ3n) is 12.2. The van der Waals surface area contributed by atoms with Gasteiger partial charge in [0.2, 0.25) is 5.91 Å². The minimum atomic E-state index is -0.666. The predicted octanol–water partition coefficient (Wildman–Crippen LogP) is 15.2. The molecule has 2 atom stereocenters. The summed E-state index contributed by atoms with van der Waals surface area (Å²) in [6, 6.07) is -0.544. The molecule has 0 aliphatic carbocycles. The number of ether oxygens (including phenoxy) is 1. The van der Waals surface area contributed by atoms with E-state index in [4.69, 9.17) is 4.74 Å². The lowest BCUT2D eigenvalue weighted by Crippen LogP contribution is -2.45. The number of amides is 1. The average Bonchev–Trinajstić information content (AvgIpc) is 3.21. The molecule has 0 aliphatic rings. The van der Waals surface area contributed by atoms with Crippen molar-refractivity contribution in [3.05, 3.63) is 0 Å². The first kappa shape index (κ1) is 55.9. The third-order valence-corrected chi connectivity index (χ3v) is 12.2. The normalized spacial score (nSPS) is 12.6. The smallest absolute Gasteiger partial charge is 0.305 e. The number of esters is 1. The van der Waals surface area contributed by atoms with Gasteiger partial charge in [-0.05, 0) is 25.7 Å².